The minimum Gasteiger partial charge on any atom is -0.348 e. The molecule has 1 amide bonds. The van der Waals surface area contributed by atoms with Crippen LogP contribution in [0.25, 0.3) is 0 Å². The van der Waals surface area contributed by atoms with Gasteiger partial charge in [-0.1, -0.05) is 6.92 Å². The molecule has 1 radical (unpaired) electrons. The molecule has 75 valence electrons. The Bertz CT molecular complexity index is 328. The monoisotopic (exact) mass is 194 g/mol. The maximum Gasteiger partial charge on any atom is 0.272 e. The summed E-state index contributed by atoms with van der Waals surface area (Å²) in [7, 11) is 0. The van der Waals surface area contributed by atoms with Gasteiger partial charge in [-0.3, -0.25) is 9.90 Å². The first kappa shape index (κ1) is 10.4. The van der Waals surface area contributed by atoms with E-state index >= 15 is 0 Å². The van der Waals surface area contributed by atoms with Crippen molar-refractivity contribution in [3.63, 3.8) is 0 Å². The molecule has 0 saturated carbocycles. The number of aromatic nitrogens is 2. The zero-order valence-electron chi connectivity index (χ0n) is 8.15. The zero-order valence-corrected chi connectivity index (χ0v) is 8.15. The quantitative estimate of drug-likeness (QED) is 0.784. The Kier molecular flexibility index (Phi) is 3.39. The minimum atomic E-state index is -0.357. The van der Waals surface area contributed by atoms with Gasteiger partial charge in [0.2, 0.25) is 5.75 Å². The molecule has 0 fully saturated rings. The van der Waals surface area contributed by atoms with Crippen molar-refractivity contribution in [2.24, 2.45) is 0 Å². The molecule has 1 atom stereocenters. The number of amides is 1. The van der Waals surface area contributed by atoms with E-state index in [4.69, 9.17) is 0 Å². The molecule has 1 aromatic rings. The van der Waals surface area contributed by atoms with Crippen LogP contribution in [0.2, 0.25) is 0 Å². The third kappa shape index (κ3) is 2.69. The highest BCUT2D eigenvalue weighted by molar-refractivity contribution is 5.92. The van der Waals surface area contributed by atoms with Crippen molar-refractivity contribution in [3.8, 4) is 5.75 Å². The van der Waals surface area contributed by atoms with Crippen molar-refractivity contribution < 1.29 is 9.90 Å². The van der Waals surface area contributed by atoms with E-state index in [9.17, 15) is 9.90 Å². The van der Waals surface area contributed by atoms with Crippen LogP contribution in [0.3, 0.4) is 0 Å². The fraction of sp³-hybridized carbons (Fsp3) is 0.444. The number of carbonyl (C=O) groups is 1. The molecule has 0 aromatic carbocycles. The van der Waals surface area contributed by atoms with Crippen molar-refractivity contribution in [3.05, 3.63) is 18.0 Å². The molecule has 0 aliphatic rings. The third-order valence-electron chi connectivity index (χ3n) is 1.85. The normalized spacial score (nSPS) is 12.1. The van der Waals surface area contributed by atoms with E-state index < -0.39 is 0 Å². The second-order valence-electron chi connectivity index (χ2n) is 3.06. The summed E-state index contributed by atoms with van der Waals surface area (Å²) in [4.78, 5) is 11.4. The summed E-state index contributed by atoms with van der Waals surface area (Å²) < 4.78 is 0. The molecule has 1 aromatic heterocycles. The highest BCUT2D eigenvalue weighted by atomic mass is 16.3. The van der Waals surface area contributed by atoms with Gasteiger partial charge >= 0.3 is 0 Å². The van der Waals surface area contributed by atoms with E-state index in [0.29, 0.717) is 0 Å². The number of nitrogens with zero attached hydrogens (tertiary/aromatic N) is 2. The molecule has 0 bridgehead atoms. The summed E-state index contributed by atoms with van der Waals surface area (Å²) in [5.74, 6) is -0.668. The van der Waals surface area contributed by atoms with Crippen molar-refractivity contribution >= 4 is 5.91 Å². The lowest BCUT2D eigenvalue weighted by Gasteiger charge is -2.09. The maximum absolute atomic E-state index is 11.4. The standard InChI is InChI=1S/C9H12N3O2/c1-3-6(2)11-9(14)8-4-7(13)5-10-12-8/h4-6H,3H2,1-2H3,(H,11,14). The first-order valence-corrected chi connectivity index (χ1v) is 4.44. The molecule has 1 unspecified atom stereocenters. The lowest BCUT2D eigenvalue weighted by molar-refractivity contribution is 0.0932. The smallest absolute Gasteiger partial charge is 0.272 e. The lowest BCUT2D eigenvalue weighted by Crippen LogP contribution is -2.32. The van der Waals surface area contributed by atoms with Gasteiger partial charge in [-0.15, -0.1) is 5.10 Å². The molecule has 0 aliphatic heterocycles. The number of rotatable bonds is 3. The summed E-state index contributed by atoms with van der Waals surface area (Å²) in [6.45, 7) is 3.84. The molecule has 0 spiro atoms. The highest BCUT2D eigenvalue weighted by Gasteiger charge is 2.11. The Balaban J connectivity index is 2.70. The summed E-state index contributed by atoms with van der Waals surface area (Å²) in [6, 6.07) is 1.24. The molecule has 1 rings (SSSR count). The number of carbonyl (C=O) groups excluding carboxylic acids is 1. The maximum atomic E-state index is 11.4. The highest BCUT2D eigenvalue weighted by Crippen LogP contribution is 2.06. The van der Waals surface area contributed by atoms with Crippen molar-refractivity contribution in [1.29, 1.82) is 0 Å². The SMILES string of the molecule is CCC(C)NC(=O)c1cc([O])cnn1. The van der Waals surface area contributed by atoms with E-state index in [1.807, 2.05) is 13.8 Å². The van der Waals surface area contributed by atoms with Crippen LogP contribution in [0, 0.1) is 0 Å². The van der Waals surface area contributed by atoms with Crippen LogP contribution in [0.1, 0.15) is 30.8 Å². The topological polar surface area (TPSA) is 74.8 Å². The Labute approximate surface area is 82.2 Å². The van der Waals surface area contributed by atoms with Crippen LogP contribution in [0.4, 0.5) is 0 Å². The Morgan fingerprint density at radius 3 is 2.93 bits per heavy atom. The van der Waals surface area contributed by atoms with Gasteiger partial charge < -0.3 is 5.32 Å². The van der Waals surface area contributed by atoms with Crippen LogP contribution >= 0.6 is 0 Å². The second-order valence-corrected chi connectivity index (χ2v) is 3.06. The summed E-state index contributed by atoms with van der Waals surface area (Å²) in [5.41, 5.74) is 0.0674. The van der Waals surface area contributed by atoms with Gasteiger partial charge in [0, 0.05) is 12.1 Å². The molecule has 14 heavy (non-hydrogen) atoms. The summed E-state index contributed by atoms with van der Waals surface area (Å²) in [6.07, 6.45) is 1.90. The van der Waals surface area contributed by atoms with Crippen LogP contribution in [0.5, 0.6) is 5.75 Å². The largest absolute Gasteiger partial charge is 0.348 e. The number of hydrogen-bond donors (Lipinski definition) is 1. The molecule has 0 aliphatic carbocycles. The summed E-state index contributed by atoms with van der Waals surface area (Å²) >= 11 is 0. The molecular formula is C9H12N3O2. The molecule has 5 nitrogen and oxygen atoms in total. The van der Waals surface area contributed by atoms with Crippen molar-refractivity contribution in [2.45, 2.75) is 26.3 Å². The minimum absolute atomic E-state index is 0.0674. The van der Waals surface area contributed by atoms with Gasteiger partial charge in [0.05, 0.1) is 6.20 Å². The van der Waals surface area contributed by atoms with Gasteiger partial charge in [0.1, 0.15) is 0 Å². The van der Waals surface area contributed by atoms with Crippen LogP contribution in [-0.4, -0.2) is 22.1 Å². The average molecular weight is 194 g/mol. The molecule has 1 heterocycles. The van der Waals surface area contributed by atoms with Crippen LogP contribution in [0.15, 0.2) is 12.3 Å². The van der Waals surface area contributed by atoms with Gasteiger partial charge in [0.15, 0.2) is 5.69 Å². The van der Waals surface area contributed by atoms with Crippen LogP contribution < -0.4 is 5.32 Å². The predicted octanol–water partition coefficient (Wildman–Crippen LogP) is 1.15. The predicted molar refractivity (Wildman–Crippen MR) is 49.4 cm³/mol. The first-order chi connectivity index (χ1) is 6.63. The van der Waals surface area contributed by atoms with E-state index in [1.165, 1.54) is 6.07 Å². The van der Waals surface area contributed by atoms with Gasteiger partial charge in [-0.2, -0.15) is 5.10 Å². The van der Waals surface area contributed by atoms with Crippen LogP contribution in [-0.2, 0) is 5.11 Å². The third-order valence-corrected chi connectivity index (χ3v) is 1.85. The molecular weight excluding hydrogens is 182 g/mol. The molecule has 5 heteroatoms. The lowest BCUT2D eigenvalue weighted by atomic mass is 10.2. The van der Waals surface area contributed by atoms with E-state index in [0.717, 1.165) is 12.6 Å². The van der Waals surface area contributed by atoms with Gasteiger partial charge in [0.25, 0.3) is 5.91 Å². The van der Waals surface area contributed by atoms with E-state index in [2.05, 4.69) is 15.5 Å². The van der Waals surface area contributed by atoms with Gasteiger partial charge in [-0.05, 0) is 13.3 Å². The Morgan fingerprint density at radius 1 is 1.64 bits per heavy atom. The van der Waals surface area contributed by atoms with E-state index in [-0.39, 0.29) is 23.4 Å². The Morgan fingerprint density at radius 2 is 2.36 bits per heavy atom. The fourth-order valence-corrected chi connectivity index (χ4v) is 0.860. The van der Waals surface area contributed by atoms with Crippen molar-refractivity contribution in [2.75, 3.05) is 0 Å². The molecule has 1 N–H and O–H groups in total. The van der Waals surface area contributed by atoms with E-state index in [1.54, 1.807) is 0 Å². The first-order valence-electron chi connectivity index (χ1n) is 4.44. The fourth-order valence-electron chi connectivity index (χ4n) is 0.860. The van der Waals surface area contributed by atoms with Crippen molar-refractivity contribution in [1.82, 2.24) is 15.5 Å². The number of nitrogens with one attached hydrogen (secondary N) is 1. The second kappa shape index (κ2) is 4.55. The average Bonchev–Trinajstić information content (AvgIpc) is 2.17. The van der Waals surface area contributed by atoms with Gasteiger partial charge in [-0.25, -0.2) is 0 Å². The zero-order chi connectivity index (χ0) is 10.6. The summed E-state index contributed by atoms with van der Waals surface area (Å²) in [5, 5.41) is 20.5. The Hall–Kier alpha value is -1.65. The molecule has 0 saturated heterocycles. The number of hydrogen-bond acceptors (Lipinski definition) is 3.